The Labute approximate surface area is 111 Å². The Balaban J connectivity index is 2.34. The van der Waals surface area contributed by atoms with Crippen LogP contribution in [0, 0.1) is 0 Å². The molecule has 1 aromatic rings. The van der Waals surface area contributed by atoms with Gasteiger partial charge in [0, 0.05) is 20.1 Å². The number of morpholine rings is 1. The van der Waals surface area contributed by atoms with E-state index in [2.05, 4.69) is 5.10 Å². The summed E-state index contributed by atoms with van der Waals surface area (Å²) >= 11 is 5.65. The topological polar surface area (TPSA) is 47.4 Å². The Hall–Kier alpha value is -1.28. The molecule has 1 saturated heterocycles. The van der Waals surface area contributed by atoms with E-state index in [0.29, 0.717) is 26.3 Å². The van der Waals surface area contributed by atoms with Crippen molar-refractivity contribution < 1.29 is 22.7 Å². The highest BCUT2D eigenvalue weighted by molar-refractivity contribution is 6.34. The number of amides is 1. The minimum Gasteiger partial charge on any atom is -0.378 e. The molecule has 19 heavy (non-hydrogen) atoms. The first kappa shape index (κ1) is 14.1. The number of carbonyl (C=O) groups is 1. The first-order chi connectivity index (χ1) is 8.82. The summed E-state index contributed by atoms with van der Waals surface area (Å²) < 4.78 is 43.9. The Morgan fingerprint density at radius 3 is 2.42 bits per heavy atom. The molecule has 0 unspecified atom stereocenters. The van der Waals surface area contributed by atoms with Gasteiger partial charge in [0.1, 0.15) is 10.7 Å². The van der Waals surface area contributed by atoms with Gasteiger partial charge in [0.25, 0.3) is 5.91 Å². The standard InChI is InChI=1S/C10H11ClF3N3O2/c1-16-7(6(11)8(15-16)10(12,13)14)9(18)17-2-4-19-5-3-17/h2-5H2,1H3. The average Bonchev–Trinajstić information content (AvgIpc) is 2.65. The van der Waals surface area contributed by atoms with Crippen molar-refractivity contribution in [2.24, 2.45) is 7.05 Å². The molecule has 0 aromatic carbocycles. The number of nitrogens with zero attached hydrogens (tertiary/aromatic N) is 3. The van der Waals surface area contributed by atoms with E-state index < -0.39 is 22.8 Å². The number of aryl methyl sites for hydroxylation is 1. The molecule has 1 fully saturated rings. The quantitative estimate of drug-likeness (QED) is 0.790. The molecule has 1 amide bonds. The van der Waals surface area contributed by atoms with Crippen molar-refractivity contribution in [1.82, 2.24) is 14.7 Å². The second kappa shape index (κ2) is 5.01. The predicted octanol–water partition coefficient (Wildman–Crippen LogP) is 1.56. The Morgan fingerprint density at radius 2 is 1.95 bits per heavy atom. The second-order valence-electron chi connectivity index (χ2n) is 4.04. The van der Waals surface area contributed by atoms with Crippen molar-refractivity contribution in [3.63, 3.8) is 0 Å². The smallest absolute Gasteiger partial charge is 0.378 e. The highest BCUT2D eigenvalue weighted by Gasteiger charge is 2.40. The molecule has 1 aliphatic heterocycles. The van der Waals surface area contributed by atoms with Crippen molar-refractivity contribution in [3.8, 4) is 0 Å². The van der Waals surface area contributed by atoms with Crippen LogP contribution >= 0.6 is 11.6 Å². The molecule has 5 nitrogen and oxygen atoms in total. The molecule has 2 rings (SSSR count). The first-order valence-corrected chi connectivity index (χ1v) is 5.87. The number of alkyl halides is 3. The van der Waals surface area contributed by atoms with E-state index in [1.165, 1.54) is 11.9 Å². The minimum atomic E-state index is -4.68. The zero-order valence-corrected chi connectivity index (χ0v) is 10.8. The number of rotatable bonds is 1. The maximum Gasteiger partial charge on any atom is 0.436 e. The van der Waals surface area contributed by atoms with Gasteiger partial charge in [0.2, 0.25) is 0 Å². The van der Waals surface area contributed by atoms with Gasteiger partial charge in [-0.05, 0) is 0 Å². The van der Waals surface area contributed by atoms with Crippen LogP contribution in [0.5, 0.6) is 0 Å². The third kappa shape index (κ3) is 2.69. The van der Waals surface area contributed by atoms with Gasteiger partial charge in [-0.25, -0.2) is 0 Å². The van der Waals surface area contributed by atoms with Crippen LogP contribution in [0.15, 0.2) is 0 Å². The van der Waals surface area contributed by atoms with Crippen LogP contribution in [0.3, 0.4) is 0 Å². The third-order valence-corrected chi connectivity index (χ3v) is 3.12. The van der Waals surface area contributed by atoms with Crippen molar-refractivity contribution in [2.75, 3.05) is 26.3 Å². The van der Waals surface area contributed by atoms with Crippen LogP contribution in [-0.4, -0.2) is 46.9 Å². The Kier molecular flexibility index (Phi) is 3.73. The van der Waals surface area contributed by atoms with Gasteiger partial charge in [0.15, 0.2) is 5.69 Å². The van der Waals surface area contributed by atoms with E-state index in [0.717, 1.165) is 4.68 Å². The van der Waals surface area contributed by atoms with Gasteiger partial charge in [-0.15, -0.1) is 0 Å². The summed E-state index contributed by atoms with van der Waals surface area (Å²) in [6, 6.07) is 0. The average molecular weight is 298 g/mol. The second-order valence-corrected chi connectivity index (χ2v) is 4.42. The van der Waals surface area contributed by atoms with Gasteiger partial charge in [-0.3, -0.25) is 9.48 Å². The van der Waals surface area contributed by atoms with E-state index in [9.17, 15) is 18.0 Å². The lowest BCUT2D eigenvalue weighted by atomic mass is 10.3. The normalized spacial score (nSPS) is 16.8. The summed E-state index contributed by atoms with van der Waals surface area (Å²) in [6.45, 7) is 1.35. The largest absolute Gasteiger partial charge is 0.436 e. The lowest BCUT2D eigenvalue weighted by molar-refractivity contribution is -0.141. The molecule has 0 radical (unpaired) electrons. The first-order valence-electron chi connectivity index (χ1n) is 5.49. The molecule has 0 aliphatic carbocycles. The van der Waals surface area contributed by atoms with E-state index >= 15 is 0 Å². The number of hydrogen-bond acceptors (Lipinski definition) is 3. The molecule has 0 spiro atoms. The molecule has 0 saturated carbocycles. The molecule has 9 heteroatoms. The zero-order chi connectivity index (χ0) is 14.2. The molecule has 1 aliphatic rings. The number of hydrogen-bond donors (Lipinski definition) is 0. The van der Waals surface area contributed by atoms with Crippen LogP contribution in [0.4, 0.5) is 13.2 Å². The third-order valence-electron chi connectivity index (χ3n) is 2.76. The Morgan fingerprint density at radius 1 is 1.37 bits per heavy atom. The SMILES string of the molecule is Cn1nc(C(F)(F)F)c(Cl)c1C(=O)N1CCOCC1. The summed E-state index contributed by atoms with van der Waals surface area (Å²) in [5.41, 5.74) is -1.50. The summed E-state index contributed by atoms with van der Waals surface area (Å²) in [5.74, 6) is -0.571. The van der Waals surface area contributed by atoms with E-state index in [1.807, 2.05) is 0 Å². The van der Waals surface area contributed by atoms with Gasteiger partial charge in [-0.1, -0.05) is 11.6 Å². The van der Waals surface area contributed by atoms with E-state index in [4.69, 9.17) is 16.3 Å². The number of halogens is 4. The molecular formula is C10H11ClF3N3O2. The predicted molar refractivity (Wildman–Crippen MR) is 59.9 cm³/mol. The van der Waals surface area contributed by atoms with E-state index in [1.54, 1.807) is 0 Å². The summed E-state index contributed by atoms with van der Waals surface area (Å²) in [7, 11) is 1.26. The van der Waals surface area contributed by atoms with Crippen LogP contribution in [-0.2, 0) is 18.0 Å². The monoisotopic (exact) mass is 297 g/mol. The summed E-state index contributed by atoms with van der Waals surface area (Å²) in [4.78, 5) is 13.5. The zero-order valence-electron chi connectivity index (χ0n) is 10.00. The summed E-state index contributed by atoms with van der Waals surface area (Å²) in [6.07, 6.45) is -4.68. The number of aromatic nitrogens is 2. The van der Waals surface area contributed by atoms with Crippen LogP contribution in [0.25, 0.3) is 0 Å². The van der Waals surface area contributed by atoms with Gasteiger partial charge in [-0.2, -0.15) is 18.3 Å². The molecule has 2 heterocycles. The fraction of sp³-hybridized carbons (Fsp3) is 0.600. The number of ether oxygens (including phenoxy) is 1. The van der Waals surface area contributed by atoms with Gasteiger partial charge < -0.3 is 9.64 Å². The summed E-state index contributed by atoms with van der Waals surface area (Å²) in [5, 5.41) is 2.62. The lowest BCUT2D eigenvalue weighted by Crippen LogP contribution is -2.41. The molecule has 1 aromatic heterocycles. The Bertz CT molecular complexity index is 495. The van der Waals surface area contributed by atoms with Crippen molar-refractivity contribution >= 4 is 17.5 Å². The number of carbonyl (C=O) groups excluding carboxylic acids is 1. The van der Waals surface area contributed by atoms with Crippen molar-refractivity contribution in [1.29, 1.82) is 0 Å². The highest BCUT2D eigenvalue weighted by Crippen LogP contribution is 2.35. The molecule has 106 valence electrons. The van der Waals surface area contributed by atoms with Crippen LogP contribution < -0.4 is 0 Å². The van der Waals surface area contributed by atoms with Gasteiger partial charge >= 0.3 is 6.18 Å². The van der Waals surface area contributed by atoms with Crippen LogP contribution in [0.1, 0.15) is 16.2 Å². The fourth-order valence-corrected chi connectivity index (χ4v) is 2.18. The minimum absolute atomic E-state index is 0.254. The highest BCUT2D eigenvalue weighted by atomic mass is 35.5. The maximum absolute atomic E-state index is 12.6. The van der Waals surface area contributed by atoms with Crippen molar-refractivity contribution in [2.45, 2.75) is 6.18 Å². The van der Waals surface area contributed by atoms with E-state index in [-0.39, 0.29) is 5.69 Å². The maximum atomic E-state index is 12.6. The molecular weight excluding hydrogens is 287 g/mol. The lowest BCUT2D eigenvalue weighted by Gasteiger charge is -2.26. The van der Waals surface area contributed by atoms with Crippen LogP contribution in [0.2, 0.25) is 5.02 Å². The fourth-order valence-electron chi connectivity index (χ4n) is 1.83. The molecule has 0 atom stereocenters. The molecule has 0 N–H and O–H groups in total. The molecule has 0 bridgehead atoms. The van der Waals surface area contributed by atoms with Crippen molar-refractivity contribution in [3.05, 3.63) is 16.4 Å². The van der Waals surface area contributed by atoms with Gasteiger partial charge in [0.05, 0.1) is 13.2 Å².